The topological polar surface area (TPSA) is 138 Å². The van der Waals surface area contributed by atoms with Crippen molar-refractivity contribution in [1.82, 2.24) is 4.57 Å². The molecule has 0 N–H and O–H groups in total. The number of thiazole rings is 1. The van der Waals surface area contributed by atoms with Crippen LogP contribution in [0.3, 0.4) is 0 Å². The van der Waals surface area contributed by atoms with Gasteiger partial charge in [-0.15, -0.1) is 0 Å². The zero-order valence-corrected chi connectivity index (χ0v) is 18.1. The van der Waals surface area contributed by atoms with Crippen molar-refractivity contribution in [3.63, 3.8) is 0 Å². The molecule has 0 fully saturated rings. The van der Waals surface area contributed by atoms with Gasteiger partial charge in [0.15, 0.2) is 14.6 Å². The van der Waals surface area contributed by atoms with E-state index in [0.29, 0.717) is 10.2 Å². The first kappa shape index (κ1) is 22.3. The smallest absolute Gasteiger partial charge is 0.326 e. The molecule has 1 heterocycles. The molecule has 0 spiro atoms. The van der Waals surface area contributed by atoms with E-state index < -0.39 is 32.3 Å². The largest absolute Gasteiger partial charge is 0.465 e. The van der Waals surface area contributed by atoms with Crippen molar-refractivity contribution in [3.8, 4) is 0 Å². The van der Waals surface area contributed by atoms with Crippen molar-refractivity contribution in [2.75, 3.05) is 12.9 Å². The van der Waals surface area contributed by atoms with E-state index in [4.69, 9.17) is 4.74 Å². The predicted octanol–water partition coefficient (Wildman–Crippen LogP) is 2.32. The molecular weight excluding hydrogens is 446 g/mol. The normalized spacial score (nSPS) is 12.1. The van der Waals surface area contributed by atoms with E-state index >= 15 is 0 Å². The van der Waals surface area contributed by atoms with Crippen LogP contribution in [0, 0.1) is 10.1 Å². The molecule has 1 aromatic heterocycles. The first-order chi connectivity index (χ1) is 14.6. The van der Waals surface area contributed by atoms with Crippen molar-refractivity contribution in [2.24, 2.45) is 4.99 Å². The molecule has 0 atom stereocenters. The maximum absolute atomic E-state index is 12.7. The third kappa shape index (κ3) is 4.86. The quantitative estimate of drug-likeness (QED) is 0.311. The maximum atomic E-state index is 12.7. The second kappa shape index (κ2) is 8.78. The van der Waals surface area contributed by atoms with Gasteiger partial charge in [0.2, 0.25) is 0 Å². The maximum Gasteiger partial charge on any atom is 0.326 e. The summed E-state index contributed by atoms with van der Waals surface area (Å²) >= 11 is 0.985. The molecule has 3 rings (SSSR count). The molecule has 1 amide bonds. The number of nitro groups is 1. The van der Waals surface area contributed by atoms with Gasteiger partial charge in [0.1, 0.15) is 12.1 Å². The molecule has 0 saturated heterocycles. The molecule has 0 saturated carbocycles. The number of carbonyl (C=O) groups is 2. The van der Waals surface area contributed by atoms with Crippen LogP contribution in [0.1, 0.15) is 17.3 Å². The van der Waals surface area contributed by atoms with Crippen molar-refractivity contribution in [3.05, 3.63) is 62.9 Å². The number of rotatable bonds is 6. The fraction of sp³-hybridized carbons (Fsp3) is 0.211. The van der Waals surface area contributed by atoms with E-state index in [0.717, 1.165) is 17.6 Å². The third-order valence-corrected chi connectivity index (χ3v) is 6.35. The number of sulfone groups is 1. The van der Waals surface area contributed by atoms with Crippen LogP contribution in [-0.2, 0) is 25.9 Å². The van der Waals surface area contributed by atoms with Crippen LogP contribution in [0.15, 0.2) is 52.4 Å². The number of hydrogen-bond acceptors (Lipinski definition) is 8. The Morgan fingerprint density at radius 3 is 2.58 bits per heavy atom. The van der Waals surface area contributed by atoms with Gasteiger partial charge in [0, 0.05) is 12.3 Å². The van der Waals surface area contributed by atoms with Gasteiger partial charge in [-0.25, -0.2) is 8.42 Å². The number of nitro benzene ring substituents is 1. The Hall–Kier alpha value is -3.38. The molecule has 0 radical (unpaired) electrons. The average Bonchev–Trinajstić information content (AvgIpc) is 3.03. The van der Waals surface area contributed by atoms with Crippen molar-refractivity contribution >= 4 is 49.0 Å². The first-order valence-corrected chi connectivity index (χ1v) is 11.6. The number of aromatic nitrogens is 1. The fourth-order valence-corrected chi connectivity index (χ4v) is 4.61. The number of fused-ring (bicyclic) bond motifs is 1. The van der Waals surface area contributed by atoms with Crippen LogP contribution < -0.4 is 4.80 Å². The lowest BCUT2D eigenvalue weighted by molar-refractivity contribution is -0.385. The molecule has 0 aliphatic rings. The Labute approximate surface area is 180 Å². The lowest BCUT2D eigenvalue weighted by atomic mass is 10.2. The van der Waals surface area contributed by atoms with Crippen molar-refractivity contribution in [2.45, 2.75) is 18.4 Å². The number of nitrogens with zero attached hydrogens (tertiary/aromatic N) is 3. The Morgan fingerprint density at radius 2 is 1.94 bits per heavy atom. The Morgan fingerprint density at radius 1 is 1.23 bits per heavy atom. The van der Waals surface area contributed by atoms with Crippen LogP contribution in [0.5, 0.6) is 0 Å². The second-order valence-corrected chi connectivity index (χ2v) is 9.39. The highest BCUT2D eigenvalue weighted by molar-refractivity contribution is 7.90. The minimum absolute atomic E-state index is 0.0705. The van der Waals surface area contributed by atoms with E-state index in [1.165, 1.54) is 47.0 Å². The highest BCUT2D eigenvalue weighted by Gasteiger charge is 2.20. The Kier molecular flexibility index (Phi) is 6.32. The van der Waals surface area contributed by atoms with E-state index in [1.807, 2.05) is 0 Å². The van der Waals surface area contributed by atoms with Gasteiger partial charge in [-0.05, 0) is 31.2 Å². The summed E-state index contributed by atoms with van der Waals surface area (Å²) in [7, 11) is -3.48. The number of ether oxygens (including phenoxy) is 1. The molecule has 162 valence electrons. The highest BCUT2D eigenvalue weighted by Crippen LogP contribution is 2.23. The minimum Gasteiger partial charge on any atom is -0.465 e. The van der Waals surface area contributed by atoms with Gasteiger partial charge < -0.3 is 9.30 Å². The molecule has 0 aliphatic carbocycles. The molecular formula is C19H17N3O7S2. The molecule has 31 heavy (non-hydrogen) atoms. The fourth-order valence-electron chi connectivity index (χ4n) is 2.82. The zero-order chi connectivity index (χ0) is 22.8. The van der Waals surface area contributed by atoms with Crippen LogP contribution in [0.4, 0.5) is 5.69 Å². The SMILES string of the molecule is CCOC(=O)Cn1c(=NC(=O)c2ccccc2[N+](=O)[O-])sc2cc(S(C)(=O)=O)ccc21. The molecule has 3 aromatic rings. The summed E-state index contributed by atoms with van der Waals surface area (Å²) in [6, 6.07) is 9.71. The zero-order valence-electron chi connectivity index (χ0n) is 16.5. The van der Waals surface area contributed by atoms with Crippen molar-refractivity contribution in [1.29, 1.82) is 0 Å². The molecule has 0 aliphatic heterocycles. The lowest BCUT2D eigenvalue weighted by Gasteiger charge is -2.05. The second-order valence-electron chi connectivity index (χ2n) is 6.37. The van der Waals surface area contributed by atoms with Gasteiger partial charge in [0.25, 0.3) is 11.6 Å². The number of carbonyl (C=O) groups excluding carboxylic acids is 2. The third-order valence-electron chi connectivity index (χ3n) is 4.20. The van der Waals surface area contributed by atoms with E-state index in [-0.39, 0.29) is 28.4 Å². The molecule has 12 heteroatoms. The van der Waals surface area contributed by atoms with Gasteiger partial charge in [-0.2, -0.15) is 4.99 Å². The van der Waals surface area contributed by atoms with Gasteiger partial charge in [-0.3, -0.25) is 19.7 Å². The summed E-state index contributed by atoms with van der Waals surface area (Å²) in [4.78, 5) is 39.5. The summed E-state index contributed by atoms with van der Waals surface area (Å²) in [5.74, 6) is -1.44. The first-order valence-electron chi connectivity index (χ1n) is 8.93. The van der Waals surface area contributed by atoms with Crippen LogP contribution in [0.2, 0.25) is 0 Å². The van der Waals surface area contributed by atoms with Gasteiger partial charge in [-0.1, -0.05) is 23.5 Å². The number of para-hydroxylation sites is 1. The minimum atomic E-state index is -3.48. The van der Waals surface area contributed by atoms with Gasteiger partial charge >= 0.3 is 5.97 Å². The van der Waals surface area contributed by atoms with Crippen molar-refractivity contribution < 1.29 is 27.7 Å². The van der Waals surface area contributed by atoms with Crippen LogP contribution >= 0.6 is 11.3 Å². The van der Waals surface area contributed by atoms with E-state index in [9.17, 15) is 28.1 Å². The summed E-state index contributed by atoms with van der Waals surface area (Å²) in [6.45, 7) is 1.53. The summed E-state index contributed by atoms with van der Waals surface area (Å²) < 4.78 is 30.6. The summed E-state index contributed by atoms with van der Waals surface area (Å²) in [6.07, 6.45) is 1.07. The monoisotopic (exact) mass is 463 g/mol. The Bertz CT molecular complexity index is 1370. The van der Waals surface area contributed by atoms with E-state index in [1.54, 1.807) is 6.92 Å². The highest BCUT2D eigenvalue weighted by atomic mass is 32.2. The number of esters is 1. The van der Waals surface area contributed by atoms with Crippen LogP contribution in [-0.4, -0.2) is 42.6 Å². The standard InChI is InChI=1S/C19H17N3O7S2/c1-3-29-17(23)11-21-15-9-8-12(31(2,27)28)10-16(15)30-19(21)20-18(24)13-6-4-5-7-14(13)22(25)26/h4-10H,3,11H2,1-2H3. The predicted molar refractivity (Wildman–Crippen MR) is 113 cm³/mol. The average molecular weight is 463 g/mol. The molecule has 0 bridgehead atoms. The number of amides is 1. The van der Waals surface area contributed by atoms with E-state index in [2.05, 4.69) is 4.99 Å². The number of benzene rings is 2. The van der Waals surface area contributed by atoms with Crippen LogP contribution in [0.25, 0.3) is 10.2 Å². The molecule has 0 unspecified atom stereocenters. The molecule has 2 aromatic carbocycles. The van der Waals surface area contributed by atoms with Gasteiger partial charge in [0.05, 0.1) is 26.6 Å². The number of hydrogen-bond donors (Lipinski definition) is 0. The Balaban J connectivity index is 2.21. The summed E-state index contributed by atoms with van der Waals surface area (Å²) in [5, 5.41) is 11.2. The lowest BCUT2D eigenvalue weighted by Crippen LogP contribution is -2.23. The molecule has 10 nitrogen and oxygen atoms in total. The summed E-state index contributed by atoms with van der Waals surface area (Å²) in [5.41, 5.74) is -0.127.